The number of aryl methyl sites for hydroxylation is 3. The lowest BCUT2D eigenvalue weighted by Crippen LogP contribution is -2.31. The number of hydrogen-bond donors (Lipinski definition) is 0. The molecule has 2 heterocycles. The summed E-state index contributed by atoms with van der Waals surface area (Å²) in [7, 11) is 1.76. The van der Waals surface area contributed by atoms with Crippen LogP contribution in [0.4, 0.5) is 4.39 Å². The van der Waals surface area contributed by atoms with Crippen molar-refractivity contribution in [2.75, 3.05) is 20.2 Å². The number of halogens is 1. The lowest BCUT2D eigenvalue weighted by molar-refractivity contribution is -0.130. The van der Waals surface area contributed by atoms with Crippen LogP contribution < -0.4 is 4.74 Å². The standard InChI is InChI=1S/C21H25FN4O2/c1-14-13-20-23-15(2)19(16(3)26(20)24-14)9-10-21(27)25(4)11-12-28-18-7-5-17(22)6-8-18/h5-8,13H,9-12H2,1-4H3. The van der Waals surface area contributed by atoms with Crippen molar-refractivity contribution in [1.82, 2.24) is 19.5 Å². The highest BCUT2D eigenvalue weighted by Gasteiger charge is 2.14. The molecule has 0 bridgehead atoms. The first kappa shape index (κ1) is 19.8. The van der Waals surface area contributed by atoms with Crippen LogP contribution in [0.2, 0.25) is 0 Å². The van der Waals surface area contributed by atoms with E-state index in [4.69, 9.17) is 4.74 Å². The number of aromatic nitrogens is 3. The fraction of sp³-hybridized carbons (Fsp3) is 0.381. The molecule has 0 fully saturated rings. The van der Waals surface area contributed by atoms with Gasteiger partial charge in [0.05, 0.1) is 12.2 Å². The van der Waals surface area contributed by atoms with Crippen LogP contribution in [-0.2, 0) is 11.2 Å². The molecule has 0 N–H and O–H groups in total. The number of likely N-dealkylation sites (N-methyl/N-ethyl adjacent to an activating group) is 1. The van der Waals surface area contributed by atoms with Gasteiger partial charge in [-0.15, -0.1) is 0 Å². The van der Waals surface area contributed by atoms with E-state index in [9.17, 15) is 9.18 Å². The molecule has 3 rings (SSSR count). The lowest BCUT2D eigenvalue weighted by atomic mass is 10.1. The van der Waals surface area contributed by atoms with Gasteiger partial charge in [0.2, 0.25) is 5.91 Å². The van der Waals surface area contributed by atoms with Crippen LogP contribution in [0.3, 0.4) is 0 Å². The summed E-state index contributed by atoms with van der Waals surface area (Å²) in [4.78, 5) is 18.7. The van der Waals surface area contributed by atoms with Gasteiger partial charge in [0, 0.05) is 30.9 Å². The first-order valence-electron chi connectivity index (χ1n) is 9.30. The van der Waals surface area contributed by atoms with Gasteiger partial charge in [0.25, 0.3) is 0 Å². The Kier molecular flexibility index (Phi) is 5.92. The number of nitrogens with zero attached hydrogens (tertiary/aromatic N) is 4. The summed E-state index contributed by atoms with van der Waals surface area (Å²) < 4.78 is 20.3. The highest BCUT2D eigenvalue weighted by Crippen LogP contribution is 2.17. The number of amides is 1. The maximum absolute atomic E-state index is 12.9. The molecule has 0 saturated heterocycles. The van der Waals surface area contributed by atoms with Crippen LogP contribution in [-0.4, -0.2) is 45.6 Å². The molecule has 6 nitrogen and oxygen atoms in total. The zero-order chi connectivity index (χ0) is 20.3. The summed E-state index contributed by atoms with van der Waals surface area (Å²) in [6.45, 7) is 6.73. The summed E-state index contributed by atoms with van der Waals surface area (Å²) in [5.41, 5.74) is 4.76. The van der Waals surface area contributed by atoms with Gasteiger partial charge >= 0.3 is 0 Å². The lowest BCUT2D eigenvalue weighted by Gasteiger charge is -2.18. The fourth-order valence-electron chi connectivity index (χ4n) is 3.18. The molecule has 3 aromatic rings. The number of hydrogen-bond acceptors (Lipinski definition) is 4. The molecular weight excluding hydrogens is 359 g/mol. The summed E-state index contributed by atoms with van der Waals surface area (Å²) >= 11 is 0. The van der Waals surface area contributed by atoms with E-state index in [1.54, 1.807) is 24.1 Å². The van der Waals surface area contributed by atoms with E-state index in [2.05, 4.69) is 10.1 Å². The van der Waals surface area contributed by atoms with Crippen molar-refractivity contribution in [2.45, 2.75) is 33.6 Å². The summed E-state index contributed by atoms with van der Waals surface area (Å²) in [6.07, 6.45) is 1.00. The minimum atomic E-state index is -0.303. The fourth-order valence-corrected chi connectivity index (χ4v) is 3.18. The van der Waals surface area contributed by atoms with Crippen LogP contribution >= 0.6 is 0 Å². The van der Waals surface area contributed by atoms with Gasteiger partial charge in [-0.05, 0) is 57.0 Å². The number of ether oxygens (including phenoxy) is 1. The second-order valence-electron chi connectivity index (χ2n) is 6.93. The van der Waals surface area contributed by atoms with E-state index in [0.717, 1.165) is 28.3 Å². The van der Waals surface area contributed by atoms with Gasteiger partial charge in [-0.2, -0.15) is 5.10 Å². The highest BCUT2D eigenvalue weighted by atomic mass is 19.1. The van der Waals surface area contributed by atoms with E-state index in [-0.39, 0.29) is 11.7 Å². The molecule has 0 aliphatic carbocycles. The molecule has 0 aliphatic heterocycles. The highest BCUT2D eigenvalue weighted by molar-refractivity contribution is 5.76. The van der Waals surface area contributed by atoms with Crippen LogP contribution in [0, 0.1) is 26.6 Å². The van der Waals surface area contributed by atoms with E-state index in [0.29, 0.717) is 31.7 Å². The van der Waals surface area contributed by atoms with E-state index in [1.165, 1.54) is 12.1 Å². The Labute approximate surface area is 163 Å². The van der Waals surface area contributed by atoms with Crippen molar-refractivity contribution in [3.05, 3.63) is 58.8 Å². The van der Waals surface area contributed by atoms with Crippen molar-refractivity contribution < 1.29 is 13.9 Å². The minimum absolute atomic E-state index is 0.0400. The van der Waals surface area contributed by atoms with Crippen molar-refractivity contribution in [3.8, 4) is 5.75 Å². The van der Waals surface area contributed by atoms with Gasteiger partial charge in [-0.25, -0.2) is 13.9 Å². The molecule has 0 radical (unpaired) electrons. The quantitative estimate of drug-likeness (QED) is 0.627. The maximum atomic E-state index is 12.9. The predicted octanol–water partition coefficient (Wildman–Crippen LogP) is 3.26. The Hall–Kier alpha value is -2.96. The zero-order valence-corrected chi connectivity index (χ0v) is 16.7. The van der Waals surface area contributed by atoms with Gasteiger partial charge in [0.1, 0.15) is 18.2 Å². The predicted molar refractivity (Wildman–Crippen MR) is 105 cm³/mol. The largest absolute Gasteiger partial charge is 0.492 e. The molecule has 0 aliphatic rings. The zero-order valence-electron chi connectivity index (χ0n) is 16.7. The second-order valence-corrected chi connectivity index (χ2v) is 6.93. The SMILES string of the molecule is Cc1cc2nc(C)c(CCC(=O)N(C)CCOc3ccc(F)cc3)c(C)n2n1. The molecule has 28 heavy (non-hydrogen) atoms. The number of carbonyl (C=O) groups is 1. The minimum Gasteiger partial charge on any atom is -0.492 e. The number of fused-ring (bicyclic) bond motifs is 1. The van der Waals surface area contributed by atoms with Gasteiger partial charge in [-0.1, -0.05) is 0 Å². The van der Waals surface area contributed by atoms with Crippen molar-refractivity contribution in [2.24, 2.45) is 0 Å². The molecule has 1 aromatic carbocycles. The number of benzene rings is 1. The van der Waals surface area contributed by atoms with Crippen molar-refractivity contribution in [3.63, 3.8) is 0 Å². The average molecular weight is 384 g/mol. The molecule has 0 atom stereocenters. The Morgan fingerprint density at radius 2 is 1.93 bits per heavy atom. The van der Waals surface area contributed by atoms with Crippen LogP contribution in [0.15, 0.2) is 30.3 Å². The number of carbonyl (C=O) groups excluding carboxylic acids is 1. The van der Waals surface area contributed by atoms with Crippen LogP contribution in [0.1, 0.15) is 29.1 Å². The van der Waals surface area contributed by atoms with E-state index < -0.39 is 0 Å². The first-order valence-corrected chi connectivity index (χ1v) is 9.30. The summed E-state index contributed by atoms with van der Waals surface area (Å²) in [5.74, 6) is 0.323. The smallest absolute Gasteiger partial charge is 0.222 e. The molecule has 1 amide bonds. The molecule has 148 valence electrons. The Balaban J connectivity index is 1.54. The molecule has 0 spiro atoms. The summed E-state index contributed by atoms with van der Waals surface area (Å²) in [5, 5.41) is 4.47. The second kappa shape index (κ2) is 8.37. The van der Waals surface area contributed by atoms with Gasteiger partial charge < -0.3 is 9.64 Å². The number of rotatable bonds is 7. The normalized spacial score (nSPS) is 11.0. The molecular formula is C21H25FN4O2. The van der Waals surface area contributed by atoms with E-state index in [1.807, 2.05) is 31.4 Å². The average Bonchev–Trinajstić information content (AvgIpc) is 3.03. The van der Waals surface area contributed by atoms with Crippen molar-refractivity contribution >= 4 is 11.6 Å². The third-order valence-electron chi connectivity index (χ3n) is 4.81. The molecule has 0 unspecified atom stereocenters. The molecule has 0 saturated carbocycles. The van der Waals surface area contributed by atoms with Gasteiger partial charge in [0.15, 0.2) is 5.65 Å². The molecule has 2 aromatic heterocycles. The first-order chi connectivity index (χ1) is 13.3. The van der Waals surface area contributed by atoms with Gasteiger partial charge in [-0.3, -0.25) is 4.79 Å². The van der Waals surface area contributed by atoms with Crippen LogP contribution in [0.25, 0.3) is 5.65 Å². The Bertz CT molecular complexity index is 982. The topological polar surface area (TPSA) is 59.7 Å². The monoisotopic (exact) mass is 384 g/mol. The Morgan fingerprint density at radius 1 is 1.21 bits per heavy atom. The molecule has 7 heteroatoms. The maximum Gasteiger partial charge on any atom is 0.222 e. The third kappa shape index (κ3) is 4.47. The Morgan fingerprint density at radius 3 is 2.64 bits per heavy atom. The summed E-state index contributed by atoms with van der Waals surface area (Å²) in [6, 6.07) is 7.79. The third-order valence-corrected chi connectivity index (χ3v) is 4.81. The van der Waals surface area contributed by atoms with E-state index >= 15 is 0 Å². The van der Waals surface area contributed by atoms with Crippen LogP contribution in [0.5, 0.6) is 5.75 Å². The van der Waals surface area contributed by atoms with Crippen molar-refractivity contribution in [1.29, 1.82) is 0 Å².